The Kier molecular flexibility index (Phi) is 7.27. The molecule has 0 saturated heterocycles. The van der Waals surface area contributed by atoms with Crippen molar-refractivity contribution in [2.75, 3.05) is 23.7 Å². The third-order valence-corrected chi connectivity index (χ3v) is 12.3. The molecule has 0 bridgehead atoms. The third-order valence-electron chi connectivity index (χ3n) is 10.6. The summed E-state index contributed by atoms with van der Waals surface area (Å²) >= 11 is 0. The Morgan fingerprint density at radius 1 is 0.451 bits per heavy atom. The lowest BCUT2D eigenvalue weighted by Gasteiger charge is -2.28. The third kappa shape index (κ3) is 5.18. The molecule has 0 aliphatic heterocycles. The van der Waals surface area contributed by atoms with E-state index < -0.39 is 10.0 Å². The van der Waals surface area contributed by atoms with Crippen molar-refractivity contribution in [1.82, 2.24) is 0 Å². The van der Waals surface area contributed by atoms with Crippen molar-refractivity contribution < 1.29 is 4.42 Å². The van der Waals surface area contributed by atoms with Gasteiger partial charge in [-0.05, 0) is 100 Å². The molecular weight excluding hydrogens is 639 g/mol. The first-order valence-electron chi connectivity index (χ1n) is 17.6. The van der Waals surface area contributed by atoms with E-state index in [1.54, 1.807) is 0 Å². The standard InChI is InChI=1S/C48H41NOS/c1-48(2)43-19-10-9-15-39(43)40-30-29-37(31-44(40)48)49(35-25-21-33(22-26-35)32-13-7-6-8-14-32)36-27-23-34(24-28-36)38-16-11-17-41-42-18-12-20-45(51(3,4)5)47(42)50-46(38)41/h6-31H,1-5H3. The summed E-state index contributed by atoms with van der Waals surface area (Å²) in [5.74, 6) is 0. The molecule has 2 nitrogen and oxygen atoms in total. The molecule has 250 valence electrons. The predicted octanol–water partition coefficient (Wildman–Crippen LogP) is 13.7. The van der Waals surface area contributed by atoms with Gasteiger partial charge in [0.2, 0.25) is 0 Å². The Bertz CT molecular complexity index is 2570. The van der Waals surface area contributed by atoms with E-state index in [-0.39, 0.29) is 5.41 Å². The van der Waals surface area contributed by atoms with Gasteiger partial charge in [0.25, 0.3) is 0 Å². The maximum Gasteiger partial charge on any atom is 0.147 e. The number of benzene rings is 7. The van der Waals surface area contributed by atoms with E-state index in [1.165, 1.54) is 49.0 Å². The smallest absolute Gasteiger partial charge is 0.147 e. The van der Waals surface area contributed by atoms with E-state index in [2.05, 4.69) is 195 Å². The van der Waals surface area contributed by atoms with Gasteiger partial charge in [-0.1, -0.05) is 129 Å². The molecule has 1 aromatic heterocycles. The Hall–Kier alpha value is -5.51. The molecule has 1 aliphatic rings. The summed E-state index contributed by atoms with van der Waals surface area (Å²) in [5, 5.41) is 2.36. The summed E-state index contributed by atoms with van der Waals surface area (Å²) in [7, 11) is -0.967. The van der Waals surface area contributed by atoms with Crippen LogP contribution in [0.1, 0.15) is 25.0 Å². The summed E-state index contributed by atoms with van der Waals surface area (Å²) in [4.78, 5) is 3.70. The average molecular weight is 680 g/mol. The monoisotopic (exact) mass is 679 g/mol. The number of hydrogen-bond acceptors (Lipinski definition) is 2. The molecule has 9 rings (SSSR count). The van der Waals surface area contributed by atoms with Gasteiger partial charge in [0.1, 0.15) is 11.2 Å². The van der Waals surface area contributed by atoms with Gasteiger partial charge >= 0.3 is 0 Å². The van der Waals surface area contributed by atoms with Gasteiger partial charge in [-0.25, -0.2) is 10.0 Å². The second kappa shape index (κ2) is 11.8. The van der Waals surface area contributed by atoms with Gasteiger partial charge in [-0.2, -0.15) is 0 Å². The molecule has 0 saturated carbocycles. The Morgan fingerprint density at radius 3 is 1.71 bits per heavy atom. The summed E-state index contributed by atoms with van der Waals surface area (Å²) in [6, 6.07) is 57.5. The number of hydrogen-bond donors (Lipinski definition) is 0. The number of rotatable bonds is 6. The van der Waals surface area contributed by atoms with Gasteiger partial charge in [-0.15, -0.1) is 0 Å². The highest BCUT2D eigenvalue weighted by molar-refractivity contribution is 8.32. The van der Waals surface area contributed by atoms with E-state index >= 15 is 0 Å². The van der Waals surface area contributed by atoms with Crippen molar-refractivity contribution in [1.29, 1.82) is 0 Å². The van der Waals surface area contributed by atoms with Crippen LogP contribution in [0.15, 0.2) is 167 Å². The van der Waals surface area contributed by atoms with Crippen LogP contribution in [0.4, 0.5) is 17.1 Å². The Balaban J connectivity index is 1.16. The highest BCUT2D eigenvalue weighted by Gasteiger charge is 2.35. The molecule has 0 N–H and O–H groups in total. The van der Waals surface area contributed by atoms with Gasteiger partial charge < -0.3 is 9.32 Å². The molecule has 1 heterocycles. The highest BCUT2D eigenvalue weighted by Crippen LogP contribution is 2.52. The number of fused-ring (bicyclic) bond motifs is 6. The van der Waals surface area contributed by atoms with Crippen molar-refractivity contribution in [3.05, 3.63) is 169 Å². The fourth-order valence-electron chi connectivity index (χ4n) is 8.01. The average Bonchev–Trinajstić information content (AvgIpc) is 3.64. The van der Waals surface area contributed by atoms with Crippen LogP contribution >= 0.6 is 10.0 Å². The zero-order chi connectivity index (χ0) is 34.9. The van der Waals surface area contributed by atoms with Gasteiger partial charge in [0.15, 0.2) is 0 Å². The number of furan rings is 1. The summed E-state index contributed by atoms with van der Waals surface area (Å²) in [6.07, 6.45) is 6.99. The zero-order valence-electron chi connectivity index (χ0n) is 29.8. The van der Waals surface area contributed by atoms with Crippen LogP contribution in [-0.4, -0.2) is 18.8 Å². The van der Waals surface area contributed by atoms with Crippen molar-refractivity contribution in [3.63, 3.8) is 0 Å². The largest absolute Gasteiger partial charge is 0.454 e. The molecule has 1 aliphatic carbocycles. The maximum atomic E-state index is 6.76. The van der Waals surface area contributed by atoms with Crippen LogP contribution in [0.25, 0.3) is 55.3 Å². The van der Waals surface area contributed by atoms with E-state index in [4.69, 9.17) is 4.42 Å². The predicted molar refractivity (Wildman–Crippen MR) is 220 cm³/mol. The first-order valence-corrected chi connectivity index (χ1v) is 20.5. The second-order valence-electron chi connectivity index (χ2n) is 14.9. The molecule has 0 unspecified atom stereocenters. The van der Waals surface area contributed by atoms with Crippen molar-refractivity contribution in [2.45, 2.75) is 24.2 Å². The Labute approximate surface area is 302 Å². The molecule has 51 heavy (non-hydrogen) atoms. The topological polar surface area (TPSA) is 16.4 Å². The minimum absolute atomic E-state index is 0.0890. The zero-order valence-corrected chi connectivity index (χ0v) is 30.6. The van der Waals surface area contributed by atoms with Crippen molar-refractivity contribution in [2.24, 2.45) is 0 Å². The fourth-order valence-corrected chi connectivity index (χ4v) is 9.20. The van der Waals surface area contributed by atoms with Crippen molar-refractivity contribution >= 4 is 49.0 Å². The molecule has 0 radical (unpaired) electrons. The van der Waals surface area contributed by atoms with Crippen molar-refractivity contribution in [3.8, 4) is 33.4 Å². The lowest BCUT2D eigenvalue weighted by atomic mass is 9.82. The quantitative estimate of drug-likeness (QED) is 0.174. The van der Waals surface area contributed by atoms with Gasteiger partial charge in [0, 0.05) is 43.7 Å². The van der Waals surface area contributed by atoms with Gasteiger partial charge in [0.05, 0.1) is 0 Å². The van der Waals surface area contributed by atoms with Crippen LogP contribution in [0.3, 0.4) is 0 Å². The van der Waals surface area contributed by atoms with Gasteiger partial charge in [-0.3, -0.25) is 0 Å². The molecule has 0 atom stereocenters. The summed E-state index contributed by atoms with van der Waals surface area (Å²) in [5.41, 5.74) is 15.3. The van der Waals surface area contributed by atoms with Crippen LogP contribution in [-0.2, 0) is 5.41 Å². The normalized spacial score (nSPS) is 13.7. The maximum absolute atomic E-state index is 6.76. The number of anilines is 3. The molecule has 0 amide bonds. The highest BCUT2D eigenvalue weighted by atomic mass is 32.3. The molecule has 7 aromatic carbocycles. The first-order chi connectivity index (χ1) is 24.7. The van der Waals surface area contributed by atoms with Crippen LogP contribution < -0.4 is 4.90 Å². The first kappa shape index (κ1) is 31.5. The minimum Gasteiger partial charge on any atom is -0.454 e. The minimum atomic E-state index is -0.967. The number of para-hydroxylation sites is 2. The SMILES string of the molecule is CC1(C)c2ccccc2-c2ccc(N(c3ccc(-c4ccccc4)cc3)c3ccc(-c4cccc5c4oc4c(S(C)(C)C)cccc45)cc3)cc21. The van der Waals surface area contributed by atoms with Crippen LogP contribution in [0.2, 0.25) is 0 Å². The van der Waals surface area contributed by atoms with E-state index in [1.807, 2.05) is 0 Å². The lowest BCUT2D eigenvalue weighted by Crippen LogP contribution is -2.16. The molecule has 0 fully saturated rings. The molecule has 0 spiro atoms. The fraction of sp³-hybridized carbons (Fsp3) is 0.125. The Morgan fingerprint density at radius 2 is 1.00 bits per heavy atom. The van der Waals surface area contributed by atoms with Crippen LogP contribution in [0.5, 0.6) is 0 Å². The van der Waals surface area contributed by atoms with E-state index in [9.17, 15) is 0 Å². The van der Waals surface area contributed by atoms with E-state index in [0.717, 1.165) is 39.4 Å². The lowest BCUT2D eigenvalue weighted by molar-refractivity contribution is 0.660. The molecule has 8 aromatic rings. The molecular formula is C48H41NOS. The summed E-state index contributed by atoms with van der Waals surface area (Å²) in [6.45, 7) is 4.69. The summed E-state index contributed by atoms with van der Waals surface area (Å²) < 4.78 is 6.76. The number of nitrogens with zero attached hydrogens (tertiary/aromatic N) is 1. The second-order valence-corrected chi connectivity index (χ2v) is 19.1. The van der Waals surface area contributed by atoms with E-state index in [0.29, 0.717) is 0 Å². The van der Waals surface area contributed by atoms with Crippen LogP contribution in [0, 0.1) is 0 Å². The molecule has 3 heteroatoms.